The lowest BCUT2D eigenvalue weighted by atomic mass is 9.84. The van der Waals surface area contributed by atoms with Gasteiger partial charge in [0.1, 0.15) is 11.5 Å². The van der Waals surface area contributed by atoms with E-state index in [4.69, 9.17) is 9.15 Å². The van der Waals surface area contributed by atoms with Gasteiger partial charge >= 0.3 is 0 Å². The van der Waals surface area contributed by atoms with Crippen molar-refractivity contribution in [2.24, 2.45) is 17.8 Å². The zero-order valence-corrected chi connectivity index (χ0v) is 19.5. The van der Waals surface area contributed by atoms with E-state index in [0.717, 1.165) is 12.3 Å². The van der Waals surface area contributed by atoms with E-state index in [0.29, 0.717) is 30.0 Å². The second-order valence-corrected chi connectivity index (χ2v) is 10.9. The zero-order chi connectivity index (χ0) is 22.7. The van der Waals surface area contributed by atoms with Crippen LogP contribution in [0, 0.1) is 17.8 Å². The van der Waals surface area contributed by atoms with Crippen LogP contribution >= 0.6 is 0 Å². The molecule has 1 aromatic heterocycles. The number of rotatable bonds is 10. The standard InChI is InChI=1S/C24H32N2O5S/c1-3-30-20-8-10-22(11-9-20)32(28,29)26(15-21-5-4-12-31-21)16-24(27)25-17(2)23-14-18-6-7-19(23)13-18/h4-5,8-12,17-19,23H,3,6-7,13-16H2,1-2H3,(H,25,27). The third-order valence-corrected chi connectivity index (χ3v) is 8.63. The fraction of sp³-hybridized carbons (Fsp3) is 0.542. The van der Waals surface area contributed by atoms with Crippen molar-refractivity contribution in [1.29, 1.82) is 0 Å². The summed E-state index contributed by atoms with van der Waals surface area (Å²) in [5.74, 6) is 2.75. The smallest absolute Gasteiger partial charge is 0.243 e. The predicted molar refractivity (Wildman–Crippen MR) is 120 cm³/mol. The Balaban J connectivity index is 1.47. The highest BCUT2D eigenvalue weighted by molar-refractivity contribution is 7.89. The van der Waals surface area contributed by atoms with E-state index >= 15 is 0 Å². The summed E-state index contributed by atoms with van der Waals surface area (Å²) >= 11 is 0. The average Bonchev–Trinajstić information content (AvgIpc) is 3.52. The minimum Gasteiger partial charge on any atom is -0.494 e. The predicted octanol–water partition coefficient (Wildman–Crippen LogP) is 3.81. The zero-order valence-electron chi connectivity index (χ0n) is 18.7. The van der Waals surface area contributed by atoms with Crippen molar-refractivity contribution in [2.75, 3.05) is 13.2 Å². The summed E-state index contributed by atoms with van der Waals surface area (Å²) < 4.78 is 38.7. The maximum Gasteiger partial charge on any atom is 0.243 e. The van der Waals surface area contributed by atoms with Crippen LogP contribution in [-0.2, 0) is 21.4 Å². The molecule has 1 aromatic carbocycles. The number of hydrogen-bond acceptors (Lipinski definition) is 5. The lowest BCUT2D eigenvalue weighted by Gasteiger charge is -2.29. The number of hydrogen-bond donors (Lipinski definition) is 1. The Morgan fingerprint density at radius 1 is 1.22 bits per heavy atom. The van der Waals surface area contributed by atoms with E-state index in [1.165, 1.54) is 42.0 Å². The number of carbonyl (C=O) groups excluding carboxylic acids is 1. The summed E-state index contributed by atoms with van der Waals surface area (Å²) in [6.45, 7) is 4.13. The van der Waals surface area contributed by atoms with Gasteiger partial charge in [-0.15, -0.1) is 0 Å². The molecule has 4 unspecified atom stereocenters. The van der Waals surface area contributed by atoms with Crippen molar-refractivity contribution in [1.82, 2.24) is 9.62 Å². The summed E-state index contributed by atoms with van der Waals surface area (Å²) in [5, 5.41) is 3.07. The van der Waals surface area contributed by atoms with E-state index in [2.05, 4.69) is 5.32 Å². The number of fused-ring (bicyclic) bond motifs is 2. The van der Waals surface area contributed by atoms with Crippen LogP contribution in [0.2, 0.25) is 0 Å². The van der Waals surface area contributed by atoms with Gasteiger partial charge in [0.25, 0.3) is 0 Å². The first-order valence-corrected chi connectivity index (χ1v) is 12.9. The Kier molecular flexibility index (Phi) is 6.90. The van der Waals surface area contributed by atoms with E-state index < -0.39 is 10.0 Å². The first-order valence-electron chi connectivity index (χ1n) is 11.4. The summed E-state index contributed by atoms with van der Waals surface area (Å²) in [6, 6.07) is 9.70. The fourth-order valence-corrected chi connectivity index (χ4v) is 6.66. The van der Waals surface area contributed by atoms with Crippen LogP contribution in [-0.4, -0.2) is 37.8 Å². The Hall–Kier alpha value is -2.32. The largest absolute Gasteiger partial charge is 0.494 e. The molecule has 2 saturated carbocycles. The molecule has 8 heteroatoms. The van der Waals surface area contributed by atoms with Crippen LogP contribution in [0.3, 0.4) is 0 Å². The number of ether oxygens (including phenoxy) is 1. The molecule has 4 rings (SSSR count). The van der Waals surface area contributed by atoms with Crippen LogP contribution in [0.15, 0.2) is 52.0 Å². The van der Waals surface area contributed by atoms with Gasteiger partial charge in [0, 0.05) is 6.04 Å². The molecular weight excluding hydrogens is 428 g/mol. The molecule has 0 spiro atoms. The number of carbonyl (C=O) groups is 1. The van der Waals surface area contributed by atoms with E-state index in [9.17, 15) is 13.2 Å². The van der Waals surface area contributed by atoms with E-state index in [1.54, 1.807) is 24.3 Å². The molecule has 174 valence electrons. The Morgan fingerprint density at radius 2 is 2.00 bits per heavy atom. The van der Waals surface area contributed by atoms with E-state index in [1.807, 2.05) is 13.8 Å². The van der Waals surface area contributed by atoms with Crippen molar-refractivity contribution in [3.05, 3.63) is 48.4 Å². The van der Waals surface area contributed by atoms with Gasteiger partial charge in [-0.3, -0.25) is 4.79 Å². The summed E-state index contributed by atoms with van der Waals surface area (Å²) in [6.07, 6.45) is 6.47. The molecule has 4 atom stereocenters. The minimum atomic E-state index is -3.91. The molecule has 0 radical (unpaired) electrons. The molecule has 7 nitrogen and oxygen atoms in total. The van der Waals surface area contributed by atoms with Gasteiger partial charge in [-0.1, -0.05) is 6.42 Å². The van der Waals surface area contributed by atoms with Gasteiger partial charge in [0.15, 0.2) is 0 Å². The molecule has 2 aliphatic carbocycles. The number of sulfonamides is 1. The fourth-order valence-electron chi connectivity index (χ4n) is 5.30. The number of nitrogens with zero attached hydrogens (tertiary/aromatic N) is 1. The second kappa shape index (κ2) is 9.67. The second-order valence-electron chi connectivity index (χ2n) is 8.95. The van der Waals surface area contributed by atoms with Crippen LogP contribution in [0.1, 0.15) is 45.3 Å². The van der Waals surface area contributed by atoms with Crippen LogP contribution in [0.4, 0.5) is 0 Å². The van der Waals surface area contributed by atoms with Crippen molar-refractivity contribution < 1.29 is 22.4 Å². The maximum atomic E-state index is 13.4. The molecule has 0 saturated heterocycles. The quantitative estimate of drug-likeness (QED) is 0.582. The number of benzene rings is 1. The Morgan fingerprint density at radius 3 is 2.59 bits per heavy atom. The molecule has 1 N–H and O–H groups in total. The van der Waals surface area contributed by atoms with Gasteiger partial charge in [-0.25, -0.2) is 8.42 Å². The average molecular weight is 461 g/mol. The first-order chi connectivity index (χ1) is 15.4. The minimum absolute atomic E-state index is 0.0154. The van der Waals surface area contributed by atoms with Gasteiger partial charge in [0.05, 0.1) is 30.9 Å². The molecule has 32 heavy (non-hydrogen) atoms. The molecule has 2 aliphatic rings. The van der Waals surface area contributed by atoms with Crippen molar-refractivity contribution in [3.8, 4) is 5.75 Å². The molecule has 0 aliphatic heterocycles. The van der Waals surface area contributed by atoms with Gasteiger partial charge < -0.3 is 14.5 Å². The molecular formula is C24H32N2O5S. The van der Waals surface area contributed by atoms with Crippen molar-refractivity contribution in [2.45, 2.75) is 57.0 Å². The third kappa shape index (κ3) is 5.02. The Labute approximate surface area is 190 Å². The lowest BCUT2D eigenvalue weighted by molar-refractivity contribution is -0.122. The van der Waals surface area contributed by atoms with E-state index in [-0.39, 0.29) is 29.9 Å². The highest BCUT2D eigenvalue weighted by Crippen LogP contribution is 2.49. The summed E-state index contributed by atoms with van der Waals surface area (Å²) in [4.78, 5) is 13.0. The summed E-state index contributed by atoms with van der Waals surface area (Å²) in [7, 11) is -3.91. The molecule has 2 aromatic rings. The highest BCUT2D eigenvalue weighted by atomic mass is 32.2. The van der Waals surface area contributed by atoms with Gasteiger partial charge in [-0.2, -0.15) is 4.31 Å². The molecule has 2 fully saturated rings. The molecule has 2 bridgehead atoms. The maximum absolute atomic E-state index is 13.4. The first kappa shape index (κ1) is 22.9. The van der Waals surface area contributed by atoms with Crippen LogP contribution in [0.25, 0.3) is 0 Å². The highest BCUT2D eigenvalue weighted by Gasteiger charge is 2.42. The van der Waals surface area contributed by atoms with Crippen molar-refractivity contribution in [3.63, 3.8) is 0 Å². The number of nitrogens with one attached hydrogen (secondary N) is 1. The third-order valence-electron chi connectivity index (χ3n) is 6.83. The van der Waals surface area contributed by atoms with Gasteiger partial charge in [0.2, 0.25) is 15.9 Å². The Bertz CT molecular complexity index is 1000. The van der Waals surface area contributed by atoms with Crippen molar-refractivity contribution >= 4 is 15.9 Å². The lowest BCUT2D eigenvalue weighted by Crippen LogP contribution is -2.46. The monoisotopic (exact) mass is 460 g/mol. The number of amides is 1. The summed E-state index contributed by atoms with van der Waals surface area (Å²) in [5.41, 5.74) is 0. The van der Waals surface area contributed by atoms with Crippen LogP contribution < -0.4 is 10.1 Å². The SMILES string of the molecule is CCOc1ccc(S(=O)(=O)N(CC(=O)NC(C)C2CC3CCC2C3)Cc2ccco2)cc1. The normalized spacial score (nSPS) is 23.4. The number of furan rings is 1. The molecule has 1 amide bonds. The topological polar surface area (TPSA) is 88.9 Å². The molecule has 1 heterocycles. The van der Waals surface area contributed by atoms with Crippen LogP contribution in [0.5, 0.6) is 5.75 Å². The van der Waals surface area contributed by atoms with Gasteiger partial charge in [-0.05, 0) is 87.3 Å².